The molecule has 0 aliphatic heterocycles. The highest BCUT2D eigenvalue weighted by Crippen LogP contribution is 2.19. The number of hydrogen-bond donors (Lipinski definition) is 3. The third kappa shape index (κ3) is 2.78. The molecular weight excluding hydrogens is 240 g/mol. The maximum Gasteiger partial charge on any atom is 0.267 e. The molecular formula is C12H13ClN2O2. The molecule has 1 aromatic carbocycles. The molecule has 2 rings (SSSR count). The van der Waals surface area contributed by atoms with Gasteiger partial charge in [0.25, 0.3) is 5.91 Å². The van der Waals surface area contributed by atoms with Crippen LogP contribution in [0.5, 0.6) is 0 Å². The van der Waals surface area contributed by atoms with Gasteiger partial charge in [0.2, 0.25) is 0 Å². The fraction of sp³-hybridized carbons (Fsp3) is 0.250. The van der Waals surface area contributed by atoms with Gasteiger partial charge < -0.3 is 15.4 Å². The summed E-state index contributed by atoms with van der Waals surface area (Å²) < 4.78 is 0. The summed E-state index contributed by atoms with van der Waals surface area (Å²) in [5.41, 5.74) is 1.34. The minimum absolute atomic E-state index is 0.0720. The molecule has 0 fully saturated rings. The second kappa shape index (κ2) is 5.21. The van der Waals surface area contributed by atoms with Crippen molar-refractivity contribution in [3.63, 3.8) is 0 Å². The van der Waals surface area contributed by atoms with E-state index in [2.05, 4.69) is 10.3 Å². The van der Waals surface area contributed by atoms with E-state index < -0.39 is 0 Å². The number of carbonyl (C=O) groups is 1. The Labute approximate surface area is 104 Å². The van der Waals surface area contributed by atoms with Crippen LogP contribution in [0.4, 0.5) is 0 Å². The zero-order valence-electron chi connectivity index (χ0n) is 9.16. The highest BCUT2D eigenvalue weighted by molar-refractivity contribution is 6.31. The lowest BCUT2D eigenvalue weighted by Gasteiger charge is -2.00. The molecule has 0 radical (unpaired) electrons. The van der Waals surface area contributed by atoms with Crippen molar-refractivity contribution in [1.82, 2.24) is 10.3 Å². The third-order valence-corrected chi connectivity index (χ3v) is 2.68. The van der Waals surface area contributed by atoms with E-state index in [1.165, 1.54) is 0 Å². The fourth-order valence-electron chi connectivity index (χ4n) is 1.60. The maximum atomic E-state index is 11.7. The van der Waals surface area contributed by atoms with E-state index in [0.29, 0.717) is 23.7 Å². The van der Waals surface area contributed by atoms with Crippen LogP contribution in [0.3, 0.4) is 0 Å². The molecule has 2 aromatic rings. The number of aliphatic hydroxyl groups excluding tert-OH is 1. The second-order valence-electron chi connectivity index (χ2n) is 3.75. The van der Waals surface area contributed by atoms with Crippen molar-refractivity contribution in [2.45, 2.75) is 6.42 Å². The first-order chi connectivity index (χ1) is 8.20. The highest BCUT2D eigenvalue weighted by Gasteiger charge is 2.08. The summed E-state index contributed by atoms with van der Waals surface area (Å²) in [5.74, 6) is -0.175. The lowest BCUT2D eigenvalue weighted by atomic mass is 10.2. The molecule has 0 aliphatic carbocycles. The average molecular weight is 253 g/mol. The van der Waals surface area contributed by atoms with Crippen LogP contribution in [0.15, 0.2) is 24.3 Å². The van der Waals surface area contributed by atoms with Gasteiger partial charge in [-0.2, -0.15) is 0 Å². The molecule has 1 heterocycles. The number of aliphatic hydroxyl groups is 1. The Morgan fingerprint density at radius 1 is 1.41 bits per heavy atom. The van der Waals surface area contributed by atoms with Gasteiger partial charge in [-0.3, -0.25) is 4.79 Å². The Kier molecular flexibility index (Phi) is 3.66. The number of benzene rings is 1. The number of rotatable bonds is 4. The van der Waals surface area contributed by atoms with Crippen LogP contribution in [-0.2, 0) is 0 Å². The lowest BCUT2D eigenvalue weighted by Crippen LogP contribution is -2.25. The van der Waals surface area contributed by atoms with Crippen LogP contribution < -0.4 is 5.32 Å². The van der Waals surface area contributed by atoms with Crippen molar-refractivity contribution in [3.8, 4) is 0 Å². The smallest absolute Gasteiger partial charge is 0.267 e. The second-order valence-corrected chi connectivity index (χ2v) is 4.18. The average Bonchev–Trinajstić information content (AvgIpc) is 2.72. The zero-order chi connectivity index (χ0) is 12.3. The van der Waals surface area contributed by atoms with Crippen molar-refractivity contribution in [2.75, 3.05) is 13.2 Å². The van der Waals surface area contributed by atoms with Gasteiger partial charge in [0.1, 0.15) is 5.69 Å². The predicted octanol–water partition coefficient (Wildman–Crippen LogP) is 1.93. The standard InChI is InChI=1S/C12H13ClN2O2/c13-9-3-2-8-6-11(15-10(8)7-9)12(17)14-4-1-5-16/h2-3,6-7,15-16H,1,4-5H2,(H,14,17). The van der Waals surface area contributed by atoms with E-state index in [4.69, 9.17) is 16.7 Å². The minimum atomic E-state index is -0.175. The van der Waals surface area contributed by atoms with E-state index in [1.54, 1.807) is 18.2 Å². The van der Waals surface area contributed by atoms with Gasteiger partial charge in [-0.1, -0.05) is 17.7 Å². The quantitative estimate of drug-likeness (QED) is 0.728. The molecule has 0 saturated heterocycles. The van der Waals surface area contributed by atoms with Gasteiger partial charge in [-0.15, -0.1) is 0 Å². The number of H-pyrrole nitrogens is 1. The lowest BCUT2D eigenvalue weighted by molar-refractivity contribution is 0.0947. The third-order valence-electron chi connectivity index (χ3n) is 2.45. The van der Waals surface area contributed by atoms with E-state index in [0.717, 1.165) is 10.9 Å². The Hall–Kier alpha value is -1.52. The van der Waals surface area contributed by atoms with Crippen molar-refractivity contribution < 1.29 is 9.90 Å². The predicted molar refractivity (Wildman–Crippen MR) is 67.3 cm³/mol. The summed E-state index contributed by atoms with van der Waals surface area (Å²) in [6.07, 6.45) is 0.553. The molecule has 17 heavy (non-hydrogen) atoms. The SMILES string of the molecule is O=C(NCCCO)c1cc2ccc(Cl)cc2[nH]1. The van der Waals surface area contributed by atoms with Gasteiger partial charge in [-0.05, 0) is 24.6 Å². The zero-order valence-corrected chi connectivity index (χ0v) is 9.92. The molecule has 5 heteroatoms. The summed E-state index contributed by atoms with van der Waals surface area (Å²) in [6, 6.07) is 7.20. The summed E-state index contributed by atoms with van der Waals surface area (Å²) in [5, 5.41) is 12.9. The molecule has 0 atom stereocenters. The number of aromatic nitrogens is 1. The molecule has 0 aliphatic rings. The highest BCUT2D eigenvalue weighted by atomic mass is 35.5. The van der Waals surface area contributed by atoms with Crippen LogP contribution in [0.2, 0.25) is 5.02 Å². The van der Waals surface area contributed by atoms with Crippen molar-refractivity contribution in [2.24, 2.45) is 0 Å². The van der Waals surface area contributed by atoms with Crippen LogP contribution >= 0.6 is 11.6 Å². The van der Waals surface area contributed by atoms with Gasteiger partial charge in [0.15, 0.2) is 0 Å². The van der Waals surface area contributed by atoms with E-state index in [1.807, 2.05) is 6.07 Å². The first-order valence-electron chi connectivity index (χ1n) is 5.38. The van der Waals surface area contributed by atoms with Crippen LogP contribution in [0.1, 0.15) is 16.9 Å². The maximum absolute atomic E-state index is 11.7. The summed E-state index contributed by atoms with van der Waals surface area (Å²) in [4.78, 5) is 14.7. The van der Waals surface area contributed by atoms with Gasteiger partial charge in [-0.25, -0.2) is 0 Å². The molecule has 0 unspecified atom stereocenters. The first kappa shape index (κ1) is 12.0. The summed E-state index contributed by atoms with van der Waals surface area (Å²) in [7, 11) is 0. The van der Waals surface area contributed by atoms with Gasteiger partial charge in [0, 0.05) is 29.1 Å². The Morgan fingerprint density at radius 2 is 2.24 bits per heavy atom. The van der Waals surface area contributed by atoms with Crippen molar-refractivity contribution >= 4 is 28.4 Å². The Bertz CT molecular complexity index is 536. The molecule has 0 bridgehead atoms. The van der Waals surface area contributed by atoms with E-state index >= 15 is 0 Å². The molecule has 3 N–H and O–H groups in total. The fourth-order valence-corrected chi connectivity index (χ4v) is 1.77. The number of nitrogens with one attached hydrogen (secondary N) is 2. The number of hydrogen-bond acceptors (Lipinski definition) is 2. The molecule has 0 spiro atoms. The molecule has 4 nitrogen and oxygen atoms in total. The van der Waals surface area contributed by atoms with Gasteiger partial charge >= 0.3 is 0 Å². The van der Waals surface area contributed by atoms with Crippen LogP contribution in [0, 0.1) is 0 Å². The molecule has 0 saturated carbocycles. The van der Waals surface area contributed by atoms with Crippen molar-refractivity contribution in [1.29, 1.82) is 0 Å². The topological polar surface area (TPSA) is 65.1 Å². The molecule has 1 aromatic heterocycles. The Morgan fingerprint density at radius 3 is 3.00 bits per heavy atom. The molecule has 1 amide bonds. The Balaban J connectivity index is 2.15. The first-order valence-corrected chi connectivity index (χ1v) is 5.76. The molecule has 90 valence electrons. The number of carbonyl (C=O) groups excluding carboxylic acids is 1. The number of fused-ring (bicyclic) bond motifs is 1. The van der Waals surface area contributed by atoms with Gasteiger partial charge in [0.05, 0.1) is 0 Å². The normalized spacial score (nSPS) is 10.7. The van der Waals surface area contributed by atoms with Crippen molar-refractivity contribution in [3.05, 3.63) is 35.0 Å². The van der Waals surface area contributed by atoms with Crippen LogP contribution in [0.25, 0.3) is 10.9 Å². The number of aromatic amines is 1. The number of amides is 1. The van der Waals surface area contributed by atoms with E-state index in [-0.39, 0.29) is 12.5 Å². The largest absolute Gasteiger partial charge is 0.396 e. The van der Waals surface area contributed by atoms with Crippen LogP contribution in [-0.4, -0.2) is 29.1 Å². The van der Waals surface area contributed by atoms with E-state index in [9.17, 15) is 4.79 Å². The summed E-state index contributed by atoms with van der Waals surface area (Å²) >= 11 is 5.86. The summed E-state index contributed by atoms with van der Waals surface area (Å²) in [6.45, 7) is 0.536. The number of halogens is 1. The minimum Gasteiger partial charge on any atom is -0.396 e. The monoisotopic (exact) mass is 252 g/mol.